The Morgan fingerprint density at radius 1 is 1.43 bits per heavy atom. The van der Waals surface area contributed by atoms with E-state index in [0.29, 0.717) is 5.76 Å². The van der Waals surface area contributed by atoms with Crippen molar-refractivity contribution in [1.82, 2.24) is 0 Å². The first kappa shape index (κ1) is 16.1. The summed E-state index contributed by atoms with van der Waals surface area (Å²) < 4.78 is 28.2. The van der Waals surface area contributed by atoms with Gasteiger partial charge in [0.1, 0.15) is 5.76 Å². The van der Waals surface area contributed by atoms with Crippen LogP contribution in [0.2, 0.25) is 5.02 Å². The molecular formula is C12H9ClINO5S. The van der Waals surface area contributed by atoms with Crippen LogP contribution in [-0.4, -0.2) is 19.5 Å². The number of carbonyl (C=O) groups is 1. The van der Waals surface area contributed by atoms with Crippen LogP contribution < -0.4 is 5.32 Å². The van der Waals surface area contributed by atoms with E-state index in [4.69, 9.17) is 16.0 Å². The van der Waals surface area contributed by atoms with Crippen molar-refractivity contribution in [2.24, 2.45) is 0 Å². The van der Waals surface area contributed by atoms with Crippen LogP contribution >= 0.6 is 32.8 Å². The maximum absolute atomic E-state index is 11.6. The summed E-state index contributed by atoms with van der Waals surface area (Å²) in [7, 11) is -3.64. The van der Waals surface area contributed by atoms with Gasteiger partial charge in [-0.1, -0.05) is 11.6 Å². The molecule has 0 saturated heterocycles. The number of carboxylic acids is 1. The molecule has 2 rings (SSSR count). The molecule has 0 spiro atoms. The van der Waals surface area contributed by atoms with Crippen molar-refractivity contribution in [3.05, 3.63) is 46.9 Å². The third-order valence-electron chi connectivity index (χ3n) is 2.60. The van der Waals surface area contributed by atoms with Crippen LogP contribution in [0.1, 0.15) is 16.1 Å². The molecule has 6 nitrogen and oxygen atoms in total. The van der Waals surface area contributed by atoms with E-state index in [0.717, 1.165) is 6.07 Å². The third-order valence-corrected chi connectivity index (χ3v) is 5.31. The van der Waals surface area contributed by atoms with E-state index in [1.54, 1.807) is 12.1 Å². The largest absolute Gasteiger partial charge is 0.478 e. The van der Waals surface area contributed by atoms with Gasteiger partial charge in [0, 0.05) is 0 Å². The smallest absolute Gasteiger partial charge is 0.337 e. The van der Waals surface area contributed by atoms with Crippen LogP contribution in [0.25, 0.3) is 0 Å². The predicted octanol–water partition coefficient (Wildman–Crippen LogP) is 3.37. The number of rotatable bonds is 5. The SMILES string of the molecule is O=C(O)c1cc(S(=O)(=O)I)c(Cl)cc1NCc1ccco1. The Kier molecular flexibility index (Phi) is 4.79. The van der Waals surface area contributed by atoms with Gasteiger partial charge in [-0.25, -0.2) is 13.2 Å². The van der Waals surface area contributed by atoms with Crippen LogP contribution in [0.3, 0.4) is 0 Å². The quantitative estimate of drug-likeness (QED) is 0.545. The van der Waals surface area contributed by atoms with Crippen molar-refractivity contribution in [2.75, 3.05) is 5.32 Å². The second-order valence-corrected chi connectivity index (χ2v) is 9.21. The van der Waals surface area contributed by atoms with Gasteiger partial charge in [-0.3, -0.25) is 0 Å². The Morgan fingerprint density at radius 3 is 2.67 bits per heavy atom. The molecule has 1 aromatic carbocycles. The molecule has 9 heteroatoms. The standard InChI is InChI=1S/C12H9ClINO5S/c13-9-5-10(15-6-7-2-1-3-20-7)8(12(16)17)4-11(9)21(14,18)19/h1-5,15H,6H2,(H,16,17). The van der Waals surface area contributed by atoms with Gasteiger partial charge in [0.25, 0.3) is 0 Å². The highest BCUT2D eigenvalue weighted by atomic mass is 127. The van der Waals surface area contributed by atoms with E-state index in [1.165, 1.54) is 33.5 Å². The van der Waals surface area contributed by atoms with Gasteiger partial charge in [0.15, 0.2) is 0 Å². The summed E-state index contributed by atoms with van der Waals surface area (Å²) in [5.74, 6) is -0.650. The van der Waals surface area contributed by atoms with Crippen molar-refractivity contribution in [3.8, 4) is 0 Å². The van der Waals surface area contributed by atoms with E-state index >= 15 is 0 Å². The molecule has 0 saturated carbocycles. The molecule has 1 aromatic heterocycles. The predicted molar refractivity (Wildman–Crippen MR) is 85.7 cm³/mol. The molecule has 0 fully saturated rings. The summed E-state index contributed by atoms with van der Waals surface area (Å²) in [4.78, 5) is 11.0. The van der Waals surface area contributed by atoms with Crippen molar-refractivity contribution >= 4 is 51.5 Å². The molecule has 112 valence electrons. The number of benzene rings is 1. The first-order valence-electron chi connectivity index (χ1n) is 5.57. The highest BCUT2D eigenvalue weighted by Crippen LogP contribution is 2.32. The molecule has 21 heavy (non-hydrogen) atoms. The van der Waals surface area contributed by atoms with Gasteiger partial charge in [-0.2, -0.15) is 0 Å². The minimum Gasteiger partial charge on any atom is -0.478 e. The number of hydrogen-bond donors (Lipinski definition) is 2. The Labute approximate surface area is 137 Å². The number of furan rings is 1. The lowest BCUT2D eigenvalue weighted by atomic mass is 10.1. The number of carboxylic acid groups (broad SMARTS) is 1. The monoisotopic (exact) mass is 441 g/mol. The molecule has 0 atom stereocenters. The molecule has 0 bridgehead atoms. The molecule has 0 radical (unpaired) electrons. The molecule has 1 heterocycles. The number of halogens is 2. The summed E-state index contributed by atoms with van der Waals surface area (Å²) >= 11 is 7.12. The maximum atomic E-state index is 11.6. The van der Waals surface area contributed by atoms with E-state index in [-0.39, 0.29) is 27.7 Å². The number of anilines is 1. The van der Waals surface area contributed by atoms with E-state index in [9.17, 15) is 18.3 Å². The zero-order valence-corrected chi connectivity index (χ0v) is 14.1. The van der Waals surface area contributed by atoms with Crippen LogP contribution in [0.15, 0.2) is 39.8 Å². The lowest BCUT2D eigenvalue weighted by molar-refractivity contribution is 0.0697. The number of nitrogens with one attached hydrogen (secondary N) is 1. The highest BCUT2D eigenvalue weighted by Gasteiger charge is 2.20. The van der Waals surface area contributed by atoms with Gasteiger partial charge >= 0.3 is 5.97 Å². The first-order chi connectivity index (χ1) is 9.79. The fourth-order valence-corrected chi connectivity index (χ4v) is 4.16. The van der Waals surface area contributed by atoms with Gasteiger partial charge in [-0.05, 0) is 24.3 Å². The fourth-order valence-electron chi connectivity index (χ4n) is 1.66. The van der Waals surface area contributed by atoms with Gasteiger partial charge in [0.05, 0.1) is 55.2 Å². The van der Waals surface area contributed by atoms with E-state index in [1.807, 2.05) is 0 Å². The average molecular weight is 442 g/mol. The molecular weight excluding hydrogens is 433 g/mol. The van der Waals surface area contributed by atoms with E-state index < -0.39 is 13.0 Å². The number of aromatic carboxylic acids is 1. The molecule has 2 N–H and O–H groups in total. The lowest BCUT2D eigenvalue weighted by Crippen LogP contribution is -2.08. The lowest BCUT2D eigenvalue weighted by Gasteiger charge is -2.11. The third kappa shape index (κ3) is 3.89. The molecule has 0 unspecified atom stereocenters. The summed E-state index contributed by atoms with van der Waals surface area (Å²) in [6.07, 6.45) is 1.49. The Morgan fingerprint density at radius 2 is 2.14 bits per heavy atom. The molecule has 0 aliphatic heterocycles. The summed E-state index contributed by atoms with van der Waals surface area (Å²) in [6.45, 7) is 0.250. The van der Waals surface area contributed by atoms with Crippen molar-refractivity contribution < 1.29 is 22.7 Å². The van der Waals surface area contributed by atoms with Crippen molar-refractivity contribution in [3.63, 3.8) is 0 Å². The minimum atomic E-state index is -3.64. The number of hydrogen-bond acceptors (Lipinski definition) is 5. The first-order valence-corrected chi connectivity index (χ1v) is 9.97. The molecule has 0 amide bonds. The second kappa shape index (κ2) is 6.24. The topological polar surface area (TPSA) is 96.6 Å². The van der Waals surface area contributed by atoms with Crippen LogP contribution in [-0.2, 0) is 13.6 Å². The minimum absolute atomic E-state index is 0.0451. The Hall–Kier alpha value is -1.26. The normalized spacial score (nSPS) is 11.3. The summed E-state index contributed by atoms with van der Waals surface area (Å²) in [6, 6.07) is 5.74. The van der Waals surface area contributed by atoms with Crippen LogP contribution in [0.4, 0.5) is 5.69 Å². The van der Waals surface area contributed by atoms with Gasteiger partial charge in [0.2, 0.25) is 7.01 Å². The van der Waals surface area contributed by atoms with Crippen molar-refractivity contribution in [2.45, 2.75) is 11.4 Å². The van der Waals surface area contributed by atoms with Gasteiger partial charge < -0.3 is 14.8 Å². The average Bonchev–Trinajstić information content (AvgIpc) is 2.87. The zero-order chi connectivity index (χ0) is 15.6. The van der Waals surface area contributed by atoms with Crippen LogP contribution in [0, 0.1) is 0 Å². The Bertz CT molecular complexity index is 773. The Balaban J connectivity index is 2.41. The summed E-state index contributed by atoms with van der Waals surface area (Å²) in [5, 5.41) is 12.0. The molecule has 0 aliphatic carbocycles. The van der Waals surface area contributed by atoms with Crippen molar-refractivity contribution in [1.29, 1.82) is 0 Å². The maximum Gasteiger partial charge on any atom is 0.337 e. The summed E-state index contributed by atoms with van der Waals surface area (Å²) in [5.41, 5.74) is 0.0360. The molecule has 2 aromatic rings. The second-order valence-electron chi connectivity index (χ2n) is 4.00. The zero-order valence-electron chi connectivity index (χ0n) is 10.3. The fraction of sp³-hybridized carbons (Fsp3) is 0.0833. The van der Waals surface area contributed by atoms with Gasteiger partial charge in [-0.15, -0.1) is 0 Å². The molecule has 0 aliphatic rings. The highest BCUT2D eigenvalue weighted by molar-refractivity contribution is 14.2. The van der Waals surface area contributed by atoms with Crippen LogP contribution in [0.5, 0.6) is 0 Å². The van der Waals surface area contributed by atoms with E-state index in [2.05, 4.69) is 5.32 Å².